The zero-order valence-electron chi connectivity index (χ0n) is 16.1. The number of rotatable bonds is 5. The lowest BCUT2D eigenvalue weighted by Gasteiger charge is -2.44. The first-order valence-corrected chi connectivity index (χ1v) is 9.89. The van der Waals surface area contributed by atoms with E-state index in [2.05, 4.69) is 4.99 Å². The number of nitrogens with zero attached hydrogens (tertiary/aromatic N) is 2. The predicted octanol–water partition coefficient (Wildman–Crippen LogP) is 0.858. The molecule has 1 fully saturated rings. The Morgan fingerprint density at radius 3 is 2.48 bits per heavy atom. The van der Waals surface area contributed by atoms with Crippen molar-refractivity contribution in [3.8, 4) is 5.75 Å². The second-order valence-corrected chi connectivity index (χ2v) is 8.59. The lowest BCUT2D eigenvalue weighted by Crippen LogP contribution is -2.62. The summed E-state index contributed by atoms with van der Waals surface area (Å²) in [6, 6.07) is 7.11. The van der Waals surface area contributed by atoms with E-state index in [1.54, 1.807) is 14.0 Å². The van der Waals surface area contributed by atoms with Gasteiger partial charge in [-0.15, -0.1) is 0 Å². The normalized spacial score (nSPS) is 32.4. The summed E-state index contributed by atoms with van der Waals surface area (Å²) in [4.78, 5) is 6.29. The highest BCUT2D eigenvalue weighted by Gasteiger charge is 2.53. The van der Waals surface area contributed by atoms with E-state index < -0.39 is 35.4 Å². The van der Waals surface area contributed by atoms with Crippen LogP contribution in [0.1, 0.15) is 18.9 Å². The predicted molar refractivity (Wildman–Crippen MR) is 105 cm³/mol. The van der Waals surface area contributed by atoms with Crippen molar-refractivity contribution in [1.82, 2.24) is 4.90 Å². The van der Waals surface area contributed by atoms with Crippen LogP contribution in [0.25, 0.3) is 0 Å². The summed E-state index contributed by atoms with van der Waals surface area (Å²) in [6.07, 6.45) is -2.18. The lowest BCUT2D eigenvalue weighted by molar-refractivity contribution is -0.214. The molecule has 0 amide bonds. The standard InChI is InChI=1S/C19H28N2O5S/c1-19(24,10-9-11-5-7-12(25-4)8-6-11)16-15(23)14(22)13-17(26-16)27-18(20-13)21(2)3/h5-8,13-17,22-24H,9-10H2,1-4H3/t13-,14-,15+,16+,17-,19-/m1/s1. The topological polar surface area (TPSA) is 94.8 Å². The fraction of sp³-hybridized carbons (Fsp3) is 0.632. The first-order chi connectivity index (χ1) is 12.7. The number of aryl methyl sites for hydroxylation is 1. The third-order valence-electron chi connectivity index (χ3n) is 5.13. The number of amidine groups is 1. The molecule has 0 saturated carbocycles. The van der Waals surface area contributed by atoms with E-state index in [4.69, 9.17) is 9.47 Å². The summed E-state index contributed by atoms with van der Waals surface area (Å²) in [7, 11) is 5.36. The van der Waals surface area contributed by atoms with Crippen LogP contribution in [0.4, 0.5) is 0 Å². The van der Waals surface area contributed by atoms with Crippen LogP contribution in [-0.4, -0.2) is 82.0 Å². The Hall–Kier alpha value is -1.32. The van der Waals surface area contributed by atoms with E-state index in [0.29, 0.717) is 12.8 Å². The average Bonchev–Trinajstić information content (AvgIpc) is 3.08. The Morgan fingerprint density at radius 2 is 1.89 bits per heavy atom. The Morgan fingerprint density at radius 1 is 1.22 bits per heavy atom. The SMILES string of the molecule is COc1ccc(CC[C@@](C)(O)[C@H]2O[C@@H]3SC(N(C)C)=N[C@@H]3[C@@H](O)[C@@H]2O)cc1. The molecule has 8 heteroatoms. The highest BCUT2D eigenvalue weighted by molar-refractivity contribution is 8.14. The van der Waals surface area contributed by atoms with Crippen LogP contribution < -0.4 is 4.74 Å². The van der Waals surface area contributed by atoms with Gasteiger partial charge in [-0.3, -0.25) is 4.99 Å². The molecule has 150 valence electrons. The van der Waals surface area contributed by atoms with Crippen molar-refractivity contribution >= 4 is 16.9 Å². The summed E-state index contributed by atoms with van der Waals surface area (Å²) in [5, 5.41) is 32.8. The van der Waals surface area contributed by atoms with Gasteiger partial charge < -0.3 is 29.7 Å². The van der Waals surface area contributed by atoms with Crippen molar-refractivity contribution in [2.24, 2.45) is 4.99 Å². The minimum Gasteiger partial charge on any atom is -0.497 e. The zero-order chi connectivity index (χ0) is 19.8. The molecule has 1 aromatic carbocycles. The Bertz CT molecular complexity index is 679. The van der Waals surface area contributed by atoms with Gasteiger partial charge in [0.15, 0.2) is 5.17 Å². The van der Waals surface area contributed by atoms with Crippen LogP contribution in [0.3, 0.4) is 0 Å². The van der Waals surface area contributed by atoms with E-state index in [-0.39, 0.29) is 0 Å². The molecule has 0 unspecified atom stereocenters. The quantitative estimate of drug-likeness (QED) is 0.679. The van der Waals surface area contributed by atoms with Gasteiger partial charge in [-0.2, -0.15) is 0 Å². The number of aliphatic imine (C=N–C) groups is 1. The van der Waals surface area contributed by atoms with E-state index >= 15 is 0 Å². The van der Waals surface area contributed by atoms with Gasteiger partial charge in [0, 0.05) is 14.1 Å². The van der Waals surface area contributed by atoms with Gasteiger partial charge in [-0.25, -0.2) is 0 Å². The Labute approximate surface area is 164 Å². The Balaban J connectivity index is 1.67. The number of aliphatic hydroxyl groups excluding tert-OH is 2. The van der Waals surface area contributed by atoms with E-state index in [1.165, 1.54) is 11.8 Å². The lowest BCUT2D eigenvalue weighted by atomic mass is 9.83. The summed E-state index contributed by atoms with van der Waals surface area (Å²) in [6.45, 7) is 1.64. The van der Waals surface area contributed by atoms with E-state index in [1.807, 2.05) is 43.3 Å². The molecule has 0 spiro atoms. The number of aliphatic hydroxyl groups is 3. The van der Waals surface area contributed by atoms with Crippen molar-refractivity contribution in [2.45, 2.75) is 55.2 Å². The fourth-order valence-electron chi connectivity index (χ4n) is 3.41. The van der Waals surface area contributed by atoms with Crippen LogP contribution in [0.2, 0.25) is 0 Å². The molecule has 1 aromatic rings. The zero-order valence-corrected chi connectivity index (χ0v) is 16.9. The third-order valence-corrected chi connectivity index (χ3v) is 6.43. The number of hydrogen-bond donors (Lipinski definition) is 3. The van der Waals surface area contributed by atoms with Gasteiger partial charge in [0.1, 0.15) is 35.5 Å². The molecule has 0 radical (unpaired) electrons. The average molecular weight is 397 g/mol. The summed E-state index contributed by atoms with van der Waals surface area (Å²) >= 11 is 1.40. The van der Waals surface area contributed by atoms with Crippen LogP contribution >= 0.6 is 11.8 Å². The number of methoxy groups -OCH3 is 1. The van der Waals surface area contributed by atoms with Crippen LogP contribution in [0.5, 0.6) is 5.75 Å². The molecular formula is C19H28N2O5S. The van der Waals surface area contributed by atoms with Gasteiger partial charge in [-0.05, 0) is 37.5 Å². The van der Waals surface area contributed by atoms with Crippen molar-refractivity contribution in [3.63, 3.8) is 0 Å². The molecule has 0 aliphatic carbocycles. The van der Waals surface area contributed by atoms with Crippen LogP contribution in [0.15, 0.2) is 29.3 Å². The minimum absolute atomic E-state index is 0.386. The molecular weight excluding hydrogens is 368 g/mol. The van der Waals surface area contributed by atoms with Gasteiger partial charge in [0.25, 0.3) is 0 Å². The second-order valence-electron chi connectivity index (χ2n) is 7.53. The largest absolute Gasteiger partial charge is 0.497 e. The number of thioether (sulfide) groups is 1. The van der Waals surface area contributed by atoms with Crippen molar-refractivity contribution in [3.05, 3.63) is 29.8 Å². The molecule has 0 bridgehead atoms. The molecule has 27 heavy (non-hydrogen) atoms. The van der Waals surface area contributed by atoms with Crippen molar-refractivity contribution in [1.29, 1.82) is 0 Å². The van der Waals surface area contributed by atoms with Gasteiger partial charge in [0.2, 0.25) is 0 Å². The van der Waals surface area contributed by atoms with Crippen LogP contribution in [-0.2, 0) is 11.2 Å². The van der Waals surface area contributed by atoms with E-state index in [9.17, 15) is 15.3 Å². The monoisotopic (exact) mass is 396 g/mol. The van der Waals surface area contributed by atoms with Crippen molar-refractivity contribution in [2.75, 3.05) is 21.2 Å². The molecule has 2 aliphatic rings. The van der Waals surface area contributed by atoms with Gasteiger partial charge in [-0.1, -0.05) is 23.9 Å². The molecule has 3 rings (SSSR count). The maximum Gasteiger partial charge on any atom is 0.161 e. The summed E-state index contributed by atoms with van der Waals surface area (Å²) in [5.74, 6) is 0.778. The highest BCUT2D eigenvalue weighted by atomic mass is 32.2. The van der Waals surface area contributed by atoms with Crippen molar-refractivity contribution < 1.29 is 24.8 Å². The smallest absolute Gasteiger partial charge is 0.161 e. The molecule has 3 N–H and O–H groups in total. The van der Waals surface area contributed by atoms with Gasteiger partial charge in [0.05, 0.1) is 12.7 Å². The molecule has 6 atom stereocenters. The van der Waals surface area contributed by atoms with E-state index in [0.717, 1.165) is 16.5 Å². The Kier molecular flexibility index (Phi) is 6.02. The highest BCUT2D eigenvalue weighted by Crippen LogP contribution is 2.40. The number of hydrogen-bond acceptors (Lipinski definition) is 8. The third kappa shape index (κ3) is 4.25. The maximum absolute atomic E-state index is 11.0. The van der Waals surface area contributed by atoms with Gasteiger partial charge >= 0.3 is 0 Å². The number of ether oxygens (including phenoxy) is 2. The summed E-state index contributed by atoms with van der Waals surface area (Å²) < 4.78 is 11.2. The molecule has 0 aromatic heterocycles. The fourth-order valence-corrected chi connectivity index (χ4v) is 4.55. The first-order valence-electron chi connectivity index (χ1n) is 9.01. The van der Waals surface area contributed by atoms with Crippen LogP contribution in [0, 0.1) is 0 Å². The minimum atomic E-state index is -1.30. The number of fused-ring (bicyclic) bond motifs is 1. The molecule has 2 aliphatic heterocycles. The molecule has 1 saturated heterocycles. The summed E-state index contributed by atoms with van der Waals surface area (Å²) in [5.41, 5.74) is -0.668. The molecule has 7 nitrogen and oxygen atoms in total. The number of benzene rings is 1. The maximum atomic E-state index is 11.0. The first kappa shape index (κ1) is 20.4. The molecule has 2 heterocycles. The second kappa shape index (κ2) is 7.97.